The summed E-state index contributed by atoms with van der Waals surface area (Å²) in [7, 11) is 0. The van der Waals surface area contributed by atoms with E-state index in [0.717, 1.165) is 19.3 Å². The molecule has 0 aliphatic heterocycles. The van der Waals surface area contributed by atoms with Crippen molar-refractivity contribution in [1.29, 1.82) is 0 Å². The molecular weight excluding hydrogens is 315 g/mol. The standard InChI is InChI=1S/C19H36O4.Na.H/c1-2-3-4-5-6-7-8-9-10-11-12-13-14-15-16-17-18(20)23-19(21)22;;/h2-17H2,1H3,(H,21,22);;. The second kappa shape index (κ2) is 21.0. The van der Waals surface area contributed by atoms with Crippen molar-refractivity contribution in [3.8, 4) is 0 Å². The Morgan fingerprint density at radius 2 is 1.00 bits per heavy atom. The normalized spacial score (nSPS) is 10.2. The van der Waals surface area contributed by atoms with Gasteiger partial charge in [-0.1, -0.05) is 96.8 Å². The van der Waals surface area contributed by atoms with Gasteiger partial charge in [-0.05, 0) is 6.42 Å². The van der Waals surface area contributed by atoms with Crippen molar-refractivity contribution in [2.45, 2.75) is 110 Å². The third-order valence-electron chi connectivity index (χ3n) is 4.19. The number of hydrogen-bond acceptors (Lipinski definition) is 3. The Labute approximate surface area is 170 Å². The van der Waals surface area contributed by atoms with Crippen molar-refractivity contribution in [3.63, 3.8) is 0 Å². The molecule has 0 fully saturated rings. The van der Waals surface area contributed by atoms with Gasteiger partial charge in [0.1, 0.15) is 0 Å². The third kappa shape index (κ3) is 21.9. The molecule has 0 unspecified atom stereocenters. The van der Waals surface area contributed by atoms with Gasteiger partial charge in [-0.15, -0.1) is 0 Å². The second-order valence-corrected chi connectivity index (χ2v) is 6.44. The average Bonchev–Trinajstić information content (AvgIpc) is 2.50. The topological polar surface area (TPSA) is 63.6 Å². The van der Waals surface area contributed by atoms with Crippen LogP contribution in [0.2, 0.25) is 0 Å². The number of hydrogen-bond donors (Lipinski definition) is 1. The molecule has 0 aromatic carbocycles. The van der Waals surface area contributed by atoms with Crippen molar-refractivity contribution < 1.29 is 19.4 Å². The molecule has 0 saturated carbocycles. The first-order valence-corrected chi connectivity index (χ1v) is 9.60. The molecular formula is C19H37NaO4. The molecule has 0 aliphatic rings. The molecule has 1 N–H and O–H groups in total. The van der Waals surface area contributed by atoms with Crippen molar-refractivity contribution in [2.24, 2.45) is 0 Å². The summed E-state index contributed by atoms with van der Waals surface area (Å²) in [5.41, 5.74) is 0. The maximum atomic E-state index is 11.0. The Bertz CT molecular complexity index is 295. The van der Waals surface area contributed by atoms with Gasteiger partial charge in [0.25, 0.3) is 0 Å². The van der Waals surface area contributed by atoms with Crippen LogP contribution in [0.1, 0.15) is 110 Å². The van der Waals surface area contributed by atoms with Crippen LogP contribution >= 0.6 is 0 Å². The molecule has 24 heavy (non-hydrogen) atoms. The Balaban J connectivity index is 0. The van der Waals surface area contributed by atoms with E-state index in [1.165, 1.54) is 77.0 Å². The fourth-order valence-electron chi connectivity index (χ4n) is 2.79. The van der Waals surface area contributed by atoms with E-state index in [0.29, 0.717) is 0 Å². The molecule has 5 heteroatoms. The molecule has 0 radical (unpaired) electrons. The van der Waals surface area contributed by atoms with Crippen LogP contribution in [0.25, 0.3) is 0 Å². The number of carbonyl (C=O) groups is 2. The number of rotatable bonds is 16. The molecule has 0 aromatic heterocycles. The van der Waals surface area contributed by atoms with Crippen molar-refractivity contribution in [1.82, 2.24) is 0 Å². The van der Waals surface area contributed by atoms with Crippen molar-refractivity contribution >= 4 is 41.7 Å². The van der Waals surface area contributed by atoms with Crippen LogP contribution in [-0.2, 0) is 9.53 Å². The first-order valence-electron chi connectivity index (χ1n) is 9.60. The van der Waals surface area contributed by atoms with Crippen LogP contribution in [-0.4, -0.2) is 46.8 Å². The molecule has 0 aromatic rings. The summed E-state index contributed by atoms with van der Waals surface area (Å²) in [6, 6.07) is 0. The fourth-order valence-corrected chi connectivity index (χ4v) is 2.79. The average molecular weight is 352 g/mol. The van der Waals surface area contributed by atoms with Gasteiger partial charge in [0.2, 0.25) is 0 Å². The molecule has 4 nitrogen and oxygen atoms in total. The number of unbranched alkanes of at least 4 members (excludes halogenated alkanes) is 14. The Kier molecular flexibility index (Phi) is 22.9. The van der Waals surface area contributed by atoms with Gasteiger partial charge in [0.05, 0.1) is 0 Å². The monoisotopic (exact) mass is 352 g/mol. The minimum atomic E-state index is -1.50. The van der Waals surface area contributed by atoms with Gasteiger partial charge in [-0.2, -0.15) is 0 Å². The molecule has 138 valence electrons. The Hall–Kier alpha value is -0.0600. The van der Waals surface area contributed by atoms with E-state index in [9.17, 15) is 9.59 Å². The summed E-state index contributed by atoms with van der Waals surface area (Å²) in [5, 5.41) is 8.27. The fraction of sp³-hybridized carbons (Fsp3) is 0.895. The summed E-state index contributed by atoms with van der Waals surface area (Å²) in [4.78, 5) is 21.1. The quantitative estimate of drug-likeness (QED) is 0.164. The maximum absolute atomic E-state index is 11.0. The molecule has 0 aliphatic carbocycles. The SMILES string of the molecule is CCCCCCCCCCCCCCCCCC(=O)OC(=O)O.[NaH]. The van der Waals surface area contributed by atoms with Gasteiger partial charge in [0, 0.05) is 6.42 Å². The first kappa shape index (κ1) is 26.2. The second-order valence-electron chi connectivity index (χ2n) is 6.44. The zero-order chi connectivity index (χ0) is 17.2. The van der Waals surface area contributed by atoms with Gasteiger partial charge < -0.3 is 9.84 Å². The van der Waals surface area contributed by atoms with E-state index in [-0.39, 0.29) is 36.0 Å². The van der Waals surface area contributed by atoms with Crippen LogP contribution in [0.5, 0.6) is 0 Å². The molecule has 0 amide bonds. The van der Waals surface area contributed by atoms with Crippen molar-refractivity contribution in [2.75, 3.05) is 0 Å². The first-order chi connectivity index (χ1) is 11.2. The number of carboxylic acid groups (broad SMARTS) is 1. The van der Waals surface area contributed by atoms with Crippen LogP contribution in [0.4, 0.5) is 4.79 Å². The molecule has 0 saturated heterocycles. The molecule has 0 atom stereocenters. The van der Waals surface area contributed by atoms with Crippen LogP contribution in [0.3, 0.4) is 0 Å². The zero-order valence-corrected chi connectivity index (χ0v) is 15.0. The van der Waals surface area contributed by atoms with E-state index in [1.54, 1.807) is 0 Å². The van der Waals surface area contributed by atoms with Crippen molar-refractivity contribution in [3.05, 3.63) is 0 Å². The van der Waals surface area contributed by atoms with E-state index >= 15 is 0 Å². The molecule has 0 bridgehead atoms. The van der Waals surface area contributed by atoms with E-state index in [4.69, 9.17) is 5.11 Å². The van der Waals surface area contributed by atoms with Gasteiger partial charge in [-0.3, -0.25) is 4.79 Å². The van der Waals surface area contributed by atoms with Crippen LogP contribution < -0.4 is 0 Å². The number of carbonyl (C=O) groups excluding carboxylic acids is 1. The van der Waals surface area contributed by atoms with E-state index in [1.807, 2.05) is 0 Å². The Morgan fingerprint density at radius 3 is 1.33 bits per heavy atom. The summed E-state index contributed by atoms with van der Waals surface area (Å²) in [6.07, 6.45) is 17.8. The number of esters is 1. The zero-order valence-electron chi connectivity index (χ0n) is 15.0. The van der Waals surface area contributed by atoms with E-state index < -0.39 is 12.1 Å². The summed E-state index contributed by atoms with van der Waals surface area (Å²) in [6.45, 7) is 2.26. The summed E-state index contributed by atoms with van der Waals surface area (Å²) < 4.78 is 4.05. The van der Waals surface area contributed by atoms with Crippen LogP contribution in [0.15, 0.2) is 0 Å². The molecule has 0 spiro atoms. The number of ether oxygens (including phenoxy) is 1. The summed E-state index contributed by atoms with van der Waals surface area (Å²) >= 11 is 0. The predicted octanol–water partition coefficient (Wildman–Crippen LogP) is 5.82. The van der Waals surface area contributed by atoms with E-state index in [2.05, 4.69) is 11.7 Å². The third-order valence-corrected chi connectivity index (χ3v) is 4.19. The van der Waals surface area contributed by atoms with Gasteiger partial charge >= 0.3 is 41.7 Å². The summed E-state index contributed by atoms with van der Waals surface area (Å²) in [5.74, 6) is -0.632. The predicted molar refractivity (Wildman–Crippen MR) is 101 cm³/mol. The Morgan fingerprint density at radius 1 is 0.667 bits per heavy atom. The van der Waals surface area contributed by atoms with Gasteiger partial charge in [-0.25, -0.2) is 4.79 Å². The van der Waals surface area contributed by atoms with Gasteiger partial charge in [0.15, 0.2) is 0 Å². The molecule has 0 rings (SSSR count). The molecule has 0 heterocycles. The van der Waals surface area contributed by atoms with Crippen LogP contribution in [0, 0.1) is 0 Å². The minimum absolute atomic E-state index is 0.